The molecule has 0 saturated carbocycles. The zero-order valence-corrected chi connectivity index (χ0v) is 35.0. The molecule has 2 aliphatic rings. The molecule has 2 heterocycles. The van der Waals surface area contributed by atoms with Crippen LogP contribution in [0.15, 0.2) is 36.0 Å². The predicted octanol–water partition coefficient (Wildman–Crippen LogP) is 7.42. The van der Waals surface area contributed by atoms with Crippen molar-refractivity contribution in [2.45, 2.75) is 170 Å². The first-order valence-corrected chi connectivity index (χ1v) is 20.0. The number of rotatable bonds is 21. The molecule has 12 atom stereocenters. The molecule has 0 aliphatic carbocycles. The highest BCUT2D eigenvalue weighted by Gasteiger charge is 2.46. The molecule has 310 valence electrons. The van der Waals surface area contributed by atoms with Gasteiger partial charge in [0, 0.05) is 38.6 Å². The molecule has 54 heavy (non-hydrogen) atoms. The van der Waals surface area contributed by atoms with E-state index >= 15 is 0 Å². The number of esters is 3. The number of ether oxygens (including phenoxy) is 9. The Bertz CT molecular complexity index is 1230. The third-order valence-electron chi connectivity index (χ3n) is 9.88. The Balaban J connectivity index is 2.30. The number of epoxide rings is 1. The molecule has 1 saturated heterocycles. The lowest BCUT2D eigenvalue weighted by molar-refractivity contribution is -0.227. The van der Waals surface area contributed by atoms with Gasteiger partial charge in [0.2, 0.25) is 0 Å². The van der Waals surface area contributed by atoms with Gasteiger partial charge in [-0.25, -0.2) is 4.79 Å². The Morgan fingerprint density at radius 1 is 0.981 bits per heavy atom. The van der Waals surface area contributed by atoms with Crippen LogP contribution < -0.4 is 0 Å². The van der Waals surface area contributed by atoms with E-state index in [9.17, 15) is 14.4 Å². The Morgan fingerprint density at radius 2 is 1.67 bits per heavy atom. The van der Waals surface area contributed by atoms with Gasteiger partial charge in [-0.05, 0) is 91.7 Å². The van der Waals surface area contributed by atoms with E-state index in [0.717, 1.165) is 18.4 Å². The second-order valence-electron chi connectivity index (χ2n) is 14.7. The minimum atomic E-state index is -1.09. The Morgan fingerprint density at radius 3 is 2.30 bits per heavy atom. The second-order valence-corrected chi connectivity index (χ2v) is 14.7. The van der Waals surface area contributed by atoms with Gasteiger partial charge < -0.3 is 42.6 Å². The molecule has 0 amide bonds. The van der Waals surface area contributed by atoms with Crippen molar-refractivity contribution < 1.29 is 57.0 Å². The summed E-state index contributed by atoms with van der Waals surface area (Å²) in [5, 5.41) is 0. The largest absolute Gasteiger partial charge is 0.460 e. The van der Waals surface area contributed by atoms with Gasteiger partial charge in [-0.1, -0.05) is 52.0 Å². The fraction of sp³-hybridized carbons (Fsp3) is 0.786. The molecule has 12 heteroatoms. The maximum Gasteiger partial charge on any atom is 0.332 e. The lowest BCUT2D eigenvalue weighted by atomic mass is 9.88. The number of hydrogen-bond acceptors (Lipinski definition) is 12. The molecule has 2 rings (SSSR count). The molecule has 0 radical (unpaired) electrons. The van der Waals surface area contributed by atoms with Crippen LogP contribution in [0.25, 0.3) is 0 Å². The summed E-state index contributed by atoms with van der Waals surface area (Å²) < 4.78 is 52.8. The van der Waals surface area contributed by atoms with Crippen molar-refractivity contribution in [1.29, 1.82) is 0 Å². The molecule has 0 aromatic rings. The summed E-state index contributed by atoms with van der Waals surface area (Å²) in [6.45, 7) is 23.9. The fourth-order valence-corrected chi connectivity index (χ4v) is 6.95. The fourth-order valence-electron chi connectivity index (χ4n) is 6.95. The van der Waals surface area contributed by atoms with Crippen LogP contribution in [0.2, 0.25) is 0 Å². The van der Waals surface area contributed by atoms with Gasteiger partial charge in [-0.15, -0.1) is 0 Å². The number of carbonyl (C=O) groups is 3. The van der Waals surface area contributed by atoms with Crippen LogP contribution >= 0.6 is 0 Å². The van der Waals surface area contributed by atoms with Gasteiger partial charge in [0.15, 0.2) is 12.6 Å². The minimum Gasteiger partial charge on any atom is -0.460 e. The SMILES string of the molecule is CCOCC(=O)OC1CCC(C)(OC(C)OCC)C(OC(C)=O)/C=C\C(C)C(/C(C)=C/C=C/C(C)CC2OC2C(C)C(CC)OC(C)OCC)OC(=O)C1. The molecule has 0 aromatic carbocycles. The van der Waals surface area contributed by atoms with Crippen LogP contribution in [-0.4, -0.2) is 99.1 Å². The van der Waals surface area contributed by atoms with Gasteiger partial charge >= 0.3 is 17.9 Å². The number of carbonyl (C=O) groups excluding carboxylic acids is 3. The van der Waals surface area contributed by atoms with E-state index in [1.165, 1.54) is 6.92 Å². The van der Waals surface area contributed by atoms with Crippen LogP contribution in [0.1, 0.15) is 115 Å². The molecule has 0 spiro atoms. The maximum atomic E-state index is 13.5. The quantitative estimate of drug-likeness (QED) is 0.0287. The highest BCUT2D eigenvalue weighted by molar-refractivity contribution is 5.73. The average molecular weight is 767 g/mol. The predicted molar refractivity (Wildman–Crippen MR) is 205 cm³/mol. The van der Waals surface area contributed by atoms with E-state index in [1.54, 1.807) is 19.9 Å². The summed E-state index contributed by atoms with van der Waals surface area (Å²) in [4.78, 5) is 38.5. The van der Waals surface area contributed by atoms with E-state index < -0.39 is 48.1 Å². The van der Waals surface area contributed by atoms with Crippen LogP contribution in [0.3, 0.4) is 0 Å². The van der Waals surface area contributed by atoms with Crippen LogP contribution in [-0.2, 0) is 57.0 Å². The first kappa shape index (κ1) is 47.5. The van der Waals surface area contributed by atoms with Crippen LogP contribution in [0.4, 0.5) is 0 Å². The monoisotopic (exact) mass is 766 g/mol. The molecule has 12 unspecified atom stereocenters. The second kappa shape index (κ2) is 24.1. The normalized spacial score (nSPS) is 30.2. The Labute approximate surface area is 324 Å². The first-order valence-electron chi connectivity index (χ1n) is 20.0. The molecule has 0 aromatic heterocycles. The highest BCUT2D eigenvalue weighted by Crippen LogP contribution is 2.38. The van der Waals surface area contributed by atoms with E-state index in [1.807, 2.05) is 59.8 Å². The summed E-state index contributed by atoms with van der Waals surface area (Å²) in [5.74, 6) is -1.40. The van der Waals surface area contributed by atoms with Crippen molar-refractivity contribution in [3.8, 4) is 0 Å². The van der Waals surface area contributed by atoms with Crippen molar-refractivity contribution in [2.75, 3.05) is 26.4 Å². The third kappa shape index (κ3) is 16.6. The Kier molecular flexibility index (Phi) is 21.2. The number of allylic oxidation sites excluding steroid dienone is 3. The van der Waals surface area contributed by atoms with Crippen LogP contribution in [0.5, 0.6) is 0 Å². The van der Waals surface area contributed by atoms with Crippen LogP contribution in [0, 0.1) is 17.8 Å². The molecule has 0 bridgehead atoms. The van der Waals surface area contributed by atoms with Gasteiger partial charge in [0.1, 0.15) is 30.5 Å². The molecule has 1 fully saturated rings. The molecule has 0 N–H and O–H groups in total. The first-order chi connectivity index (χ1) is 25.6. The van der Waals surface area contributed by atoms with E-state index in [-0.39, 0.29) is 68.2 Å². The molecular formula is C42H70O12. The molecule has 12 nitrogen and oxygen atoms in total. The third-order valence-corrected chi connectivity index (χ3v) is 9.88. The lowest BCUT2D eigenvalue weighted by Gasteiger charge is -2.38. The zero-order valence-electron chi connectivity index (χ0n) is 35.0. The summed E-state index contributed by atoms with van der Waals surface area (Å²) in [7, 11) is 0. The summed E-state index contributed by atoms with van der Waals surface area (Å²) in [5.41, 5.74) is -0.267. The summed E-state index contributed by atoms with van der Waals surface area (Å²) in [6.07, 6.45) is 9.03. The van der Waals surface area contributed by atoms with Gasteiger partial charge in [0.25, 0.3) is 0 Å². The van der Waals surface area contributed by atoms with Crippen molar-refractivity contribution in [1.82, 2.24) is 0 Å². The smallest absolute Gasteiger partial charge is 0.332 e. The molecule has 2 aliphatic heterocycles. The van der Waals surface area contributed by atoms with Crippen molar-refractivity contribution in [3.05, 3.63) is 36.0 Å². The lowest BCUT2D eigenvalue weighted by Crippen LogP contribution is -2.47. The summed E-state index contributed by atoms with van der Waals surface area (Å²) in [6, 6.07) is 0. The topological polar surface area (TPSA) is 138 Å². The maximum absolute atomic E-state index is 13.5. The van der Waals surface area contributed by atoms with Crippen molar-refractivity contribution >= 4 is 17.9 Å². The number of hydrogen-bond donors (Lipinski definition) is 0. The van der Waals surface area contributed by atoms with E-state index in [2.05, 4.69) is 26.8 Å². The summed E-state index contributed by atoms with van der Waals surface area (Å²) >= 11 is 0. The minimum absolute atomic E-state index is 0.0595. The van der Waals surface area contributed by atoms with Crippen molar-refractivity contribution in [2.24, 2.45) is 17.8 Å². The average Bonchev–Trinajstić information content (AvgIpc) is 3.87. The highest BCUT2D eigenvalue weighted by atomic mass is 16.7. The number of cyclic esters (lactones) is 1. The Hall–Kier alpha value is -2.61. The van der Waals surface area contributed by atoms with Crippen molar-refractivity contribution in [3.63, 3.8) is 0 Å². The van der Waals surface area contributed by atoms with Gasteiger partial charge in [-0.3, -0.25) is 9.59 Å². The van der Waals surface area contributed by atoms with Gasteiger partial charge in [-0.2, -0.15) is 0 Å². The van der Waals surface area contributed by atoms with E-state index in [4.69, 9.17) is 42.6 Å². The van der Waals surface area contributed by atoms with E-state index in [0.29, 0.717) is 19.8 Å². The van der Waals surface area contributed by atoms with Gasteiger partial charge in [0.05, 0.1) is 24.7 Å². The molecular weight excluding hydrogens is 696 g/mol. The zero-order chi connectivity index (χ0) is 40.4. The standard InChI is InChI=1S/C42H70O12/c1-13-35(50-32(10)47-15-3)30(8)41-36(52-41)24-27(5)18-17-19-28(6)40-29(7)20-21-37(49-31(9)43)42(12,54-33(11)48-16-4)23-22-34(25-38(44)53-40)51-39(45)26-46-14-2/h17-21,27,29-30,32-37,40-41H,13-16,22-26H2,1-12H3/b18-17+,21-20-,28-19+.